The van der Waals surface area contributed by atoms with Gasteiger partial charge in [-0.2, -0.15) is 0 Å². The van der Waals surface area contributed by atoms with Crippen LogP contribution in [0.1, 0.15) is 12.8 Å². The van der Waals surface area contributed by atoms with Crippen molar-refractivity contribution >= 4 is 5.91 Å². The van der Waals surface area contributed by atoms with E-state index in [0.717, 1.165) is 44.0 Å². The molecule has 0 radical (unpaired) electrons. The molecule has 1 aromatic rings. The van der Waals surface area contributed by atoms with Crippen LogP contribution in [0, 0.1) is 5.92 Å². The van der Waals surface area contributed by atoms with Gasteiger partial charge in [-0.3, -0.25) is 9.69 Å². The minimum absolute atomic E-state index is 0.0203. The van der Waals surface area contributed by atoms with Crippen molar-refractivity contribution in [2.24, 2.45) is 11.7 Å². The predicted molar refractivity (Wildman–Crippen MR) is 82.9 cm³/mol. The number of carbonyl (C=O) groups excluding carboxylic acids is 1. The van der Waals surface area contributed by atoms with E-state index in [0.29, 0.717) is 6.61 Å². The Kier molecular flexibility index (Phi) is 6.03. The van der Waals surface area contributed by atoms with Crippen molar-refractivity contribution in [2.45, 2.75) is 18.9 Å². The smallest absolute Gasteiger partial charge is 0.246 e. The summed E-state index contributed by atoms with van der Waals surface area (Å²) in [7, 11) is 1.63. The number of methoxy groups -OCH3 is 1. The monoisotopic (exact) mass is 308 g/mol. The number of nitrogens with zero attached hydrogens (tertiary/aromatic N) is 1. The van der Waals surface area contributed by atoms with Crippen LogP contribution in [0.2, 0.25) is 0 Å². The number of amides is 1. The van der Waals surface area contributed by atoms with Crippen molar-refractivity contribution in [1.82, 2.24) is 4.90 Å². The van der Waals surface area contributed by atoms with Crippen molar-refractivity contribution in [1.29, 1.82) is 0 Å². The number of hydrogen-bond acceptors (Lipinski definition) is 5. The number of hydrogen-bond donors (Lipinski definition) is 2. The Labute approximate surface area is 130 Å². The highest BCUT2D eigenvalue weighted by atomic mass is 16.5. The number of rotatable bonds is 7. The van der Waals surface area contributed by atoms with E-state index in [2.05, 4.69) is 4.90 Å². The Morgan fingerprint density at radius 2 is 2.09 bits per heavy atom. The molecular weight excluding hydrogens is 284 g/mol. The highest BCUT2D eigenvalue weighted by Gasteiger charge is 2.28. The topological polar surface area (TPSA) is 85.0 Å². The van der Waals surface area contributed by atoms with Crippen LogP contribution in [-0.2, 0) is 4.79 Å². The summed E-state index contributed by atoms with van der Waals surface area (Å²) in [6, 6.07) is 7.53. The minimum atomic E-state index is -1.02. The Bertz CT molecular complexity index is 487. The van der Waals surface area contributed by atoms with Crippen molar-refractivity contribution in [3.05, 3.63) is 24.3 Å². The molecular formula is C16H24N2O4. The van der Waals surface area contributed by atoms with Crippen LogP contribution in [0.25, 0.3) is 0 Å². The van der Waals surface area contributed by atoms with Crippen LogP contribution in [0.5, 0.6) is 11.5 Å². The van der Waals surface area contributed by atoms with Gasteiger partial charge in [0, 0.05) is 12.6 Å². The summed E-state index contributed by atoms with van der Waals surface area (Å²) >= 11 is 0. The summed E-state index contributed by atoms with van der Waals surface area (Å²) in [5.74, 6) is 0.921. The third kappa shape index (κ3) is 4.61. The molecule has 0 aromatic heterocycles. The van der Waals surface area contributed by atoms with Crippen molar-refractivity contribution in [3.63, 3.8) is 0 Å². The van der Waals surface area contributed by atoms with Gasteiger partial charge in [0.1, 0.15) is 24.2 Å². The molecule has 0 aliphatic carbocycles. The summed E-state index contributed by atoms with van der Waals surface area (Å²) < 4.78 is 10.9. The largest absolute Gasteiger partial charge is 0.497 e. The number of likely N-dealkylation sites (tertiary alicyclic amines) is 1. The van der Waals surface area contributed by atoms with Gasteiger partial charge in [0.05, 0.1) is 7.11 Å². The van der Waals surface area contributed by atoms with Gasteiger partial charge >= 0.3 is 0 Å². The van der Waals surface area contributed by atoms with E-state index in [9.17, 15) is 9.90 Å². The normalized spacial score (nSPS) is 17.9. The number of primary amides is 1. The van der Waals surface area contributed by atoms with Gasteiger partial charge in [-0.05, 0) is 44.0 Å². The first-order valence-electron chi connectivity index (χ1n) is 7.56. The van der Waals surface area contributed by atoms with E-state index in [1.54, 1.807) is 7.11 Å². The molecule has 2 rings (SSSR count). The molecule has 6 heteroatoms. The fraction of sp³-hybridized carbons (Fsp3) is 0.562. The van der Waals surface area contributed by atoms with Crippen LogP contribution in [0.3, 0.4) is 0 Å². The Morgan fingerprint density at radius 3 is 2.73 bits per heavy atom. The second-order valence-corrected chi connectivity index (χ2v) is 5.55. The highest BCUT2D eigenvalue weighted by Crippen LogP contribution is 2.21. The number of ether oxygens (including phenoxy) is 2. The fourth-order valence-electron chi connectivity index (χ4n) is 2.71. The molecule has 3 N–H and O–H groups in total. The molecule has 1 amide bonds. The summed E-state index contributed by atoms with van der Waals surface area (Å²) in [5.41, 5.74) is 5.14. The number of piperidine rings is 1. The van der Waals surface area contributed by atoms with Crippen LogP contribution < -0.4 is 15.2 Å². The molecule has 1 aliphatic heterocycles. The van der Waals surface area contributed by atoms with Crippen LogP contribution in [-0.4, -0.2) is 55.4 Å². The number of nitrogens with two attached hydrogens (primary N) is 1. The molecule has 6 nitrogen and oxygen atoms in total. The van der Waals surface area contributed by atoms with Gasteiger partial charge < -0.3 is 20.3 Å². The average molecular weight is 308 g/mol. The van der Waals surface area contributed by atoms with E-state index in [-0.39, 0.29) is 5.92 Å². The maximum Gasteiger partial charge on any atom is 0.246 e. The summed E-state index contributed by atoms with van der Waals surface area (Å²) in [6.07, 6.45) is 0.544. The van der Waals surface area contributed by atoms with E-state index in [4.69, 9.17) is 15.2 Å². The molecule has 0 spiro atoms. The lowest BCUT2D eigenvalue weighted by Gasteiger charge is -2.33. The first-order chi connectivity index (χ1) is 10.6. The zero-order valence-electron chi connectivity index (χ0n) is 12.9. The second-order valence-electron chi connectivity index (χ2n) is 5.55. The molecule has 0 unspecified atom stereocenters. The van der Waals surface area contributed by atoms with Gasteiger partial charge in [0.15, 0.2) is 0 Å². The van der Waals surface area contributed by atoms with E-state index >= 15 is 0 Å². The van der Waals surface area contributed by atoms with Crippen molar-refractivity contribution in [2.75, 3.05) is 33.4 Å². The molecule has 1 aliphatic rings. The molecule has 22 heavy (non-hydrogen) atoms. The third-order valence-corrected chi connectivity index (χ3v) is 4.09. The summed E-state index contributed by atoms with van der Waals surface area (Å²) in [4.78, 5) is 13.3. The fourth-order valence-corrected chi connectivity index (χ4v) is 2.71. The van der Waals surface area contributed by atoms with Gasteiger partial charge in [-0.25, -0.2) is 0 Å². The van der Waals surface area contributed by atoms with E-state index in [1.807, 2.05) is 24.3 Å². The highest BCUT2D eigenvalue weighted by molar-refractivity contribution is 5.78. The zero-order valence-corrected chi connectivity index (χ0v) is 12.9. The summed E-state index contributed by atoms with van der Waals surface area (Å²) in [6.45, 7) is 3.10. The Morgan fingerprint density at radius 1 is 1.41 bits per heavy atom. The van der Waals surface area contributed by atoms with Crippen LogP contribution in [0.4, 0.5) is 0 Å². The Balaban J connectivity index is 1.69. The zero-order chi connectivity index (χ0) is 15.9. The quantitative estimate of drug-likeness (QED) is 0.772. The lowest BCUT2D eigenvalue weighted by atomic mass is 9.91. The number of benzene rings is 1. The van der Waals surface area contributed by atoms with Crippen LogP contribution in [0.15, 0.2) is 24.3 Å². The Hall–Kier alpha value is -1.79. The molecule has 1 heterocycles. The van der Waals surface area contributed by atoms with Gasteiger partial charge in [0.2, 0.25) is 5.91 Å². The number of aliphatic hydroxyl groups is 1. The second kappa shape index (κ2) is 8.00. The molecule has 122 valence electrons. The van der Waals surface area contributed by atoms with Crippen molar-refractivity contribution in [3.8, 4) is 11.5 Å². The number of carbonyl (C=O) groups is 1. The lowest BCUT2D eigenvalue weighted by molar-refractivity contribution is -0.129. The molecule has 1 fully saturated rings. The average Bonchev–Trinajstić information content (AvgIpc) is 2.55. The summed E-state index contributed by atoms with van der Waals surface area (Å²) in [5, 5.41) is 9.68. The van der Waals surface area contributed by atoms with Gasteiger partial charge in [-0.15, -0.1) is 0 Å². The lowest BCUT2D eigenvalue weighted by Crippen LogP contribution is -2.43. The SMILES string of the molecule is COc1cccc(OCCN2CCC([C@@H](O)C(N)=O)CC2)c1. The van der Waals surface area contributed by atoms with Gasteiger partial charge in [-0.1, -0.05) is 6.07 Å². The standard InChI is InChI=1S/C16H24N2O4/c1-21-13-3-2-4-14(11-13)22-10-9-18-7-5-12(6-8-18)15(19)16(17)20/h2-4,11-12,15,19H,5-10H2,1H3,(H2,17,20)/t15-/m1/s1. The molecule has 0 bridgehead atoms. The van der Waals surface area contributed by atoms with Gasteiger partial charge in [0.25, 0.3) is 0 Å². The van der Waals surface area contributed by atoms with Crippen molar-refractivity contribution < 1.29 is 19.4 Å². The maximum atomic E-state index is 11.0. The van der Waals surface area contributed by atoms with E-state index in [1.165, 1.54) is 0 Å². The molecule has 1 atom stereocenters. The molecule has 1 saturated heterocycles. The molecule has 1 aromatic carbocycles. The number of aliphatic hydroxyl groups excluding tert-OH is 1. The first kappa shape index (κ1) is 16.6. The first-order valence-corrected chi connectivity index (χ1v) is 7.56. The predicted octanol–water partition coefficient (Wildman–Crippen LogP) is 0.632. The molecule has 0 saturated carbocycles. The van der Waals surface area contributed by atoms with E-state index < -0.39 is 12.0 Å². The third-order valence-electron chi connectivity index (χ3n) is 4.09. The maximum absolute atomic E-state index is 11.0. The minimum Gasteiger partial charge on any atom is -0.497 e. The van der Waals surface area contributed by atoms with Crippen LogP contribution >= 0.6 is 0 Å².